The van der Waals surface area contributed by atoms with Gasteiger partial charge in [0.25, 0.3) is 0 Å². The normalized spacial score (nSPS) is 16.9. The van der Waals surface area contributed by atoms with E-state index >= 15 is 0 Å². The molecule has 0 saturated carbocycles. The van der Waals surface area contributed by atoms with E-state index in [0.717, 1.165) is 49.2 Å². The second-order valence-corrected chi connectivity index (χ2v) is 10.1. The summed E-state index contributed by atoms with van der Waals surface area (Å²) in [6.07, 6.45) is 2.08. The molecule has 0 atom stereocenters. The third-order valence-corrected chi connectivity index (χ3v) is 7.74. The van der Waals surface area contributed by atoms with Crippen LogP contribution in [0.15, 0.2) is 34.5 Å². The zero-order valence-corrected chi connectivity index (χ0v) is 17.4. The Hall–Kier alpha value is -1.21. The van der Waals surface area contributed by atoms with Gasteiger partial charge in [-0.1, -0.05) is 12.1 Å². The lowest BCUT2D eigenvalue weighted by atomic mass is 9.97. The molecule has 2 heterocycles. The number of likely N-dealkylation sites (tertiary alicyclic amines) is 1. The largest absolute Gasteiger partial charge is 0.298 e. The molecule has 0 bridgehead atoms. The molecule has 4 nitrogen and oxygen atoms in total. The Kier molecular flexibility index (Phi) is 6.17. The second-order valence-electron chi connectivity index (χ2n) is 7.35. The molecule has 0 spiro atoms. The smallest absolute Gasteiger partial charge is 0.240 e. The van der Waals surface area contributed by atoms with Crippen LogP contribution in [-0.4, -0.2) is 33.0 Å². The Morgan fingerprint density at radius 2 is 1.81 bits per heavy atom. The summed E-state index contributed by atoms with van der Waals surface area (Å²) in [7, 11) is -3.45. The van der Waals surface area contributed by atoms with Crippen molar-refractivity contribution in [3.8, 4) is 0 Å². The van der Waals surface area contributed by atoms with Crippen LogP contribution in [0.2, 0.25) is 0 Å². The Balaban J connectivity index is 1.54. The van der Waals surface area contributed by atoms with Crippen molar-refractivity contribution >= 4 is 21.4 Å². The standard InChI is InChI=1S/C20H28N2O2S2/c1-15-11-17(3)20(12-16(15)2)26(23,24)21-13-18-6-8-22(9-7-18)14-19-5-4-10-25-19/h4-5,10-12,18,21H,6-9,13-14H2,1-3H3. The minimum Gasteiger partial charge on any atom is -0.298 e. The number of sulfonamides is 1. The van der Waals surface area contributed by atoms with E-state index in [4.69, 9.17) is 0 Å². The number of piperidine rings is 1. The molecule has 142 valence electrons. The number of nitrogens with one attached hydrogen (secondary N) is 1. The molecular formula is C20H28N2O2S2. The van der Waals surface area contributed by atoms with E-state index in [0.29, 0.717) is 17.4 Å². The minimum absolute atomic E-state index is 0.413. The Morgan fingerprint density at radius 3 is 2.46 bits per heavy atom. The van der Waals surface area contributed by atoms with Crippen molar-refractivity contribution in [2.75, 3.05) is 19.6 Å². The molecule has 6 heteroatoms. The monoisotopic (exact) mass is 392 g/mol. The van der Waals surface area contributed by atoms with Crippen LogP contribution in [0.3, 0.4) is 0 Å². The molecule has 0 radical (unpaired) electrons. The van der Waals surface area contributed by atoms with E-state index in [2.05, 4.69) is 27.1 Å². The van der Waals surface area contributed by atoms with Crippen molar-refractivity contribution in [3.63, 3.8) is 0 Å². The Labute approximate surface area is 161 Å². The number of thiophene rings is 1. The first-order valence-electron chi connectivity index (χ1n) is 9.17. The van der Waals surface area contributed by atoms with Crippen LogP contribution in [0, 0.1) is 26.7 Å². The predicted molar refractivity (Wildman–Crippen MR) is 108 cm³/mol. The first-order valence-corrected chi connectivity index (χ1v) is 11.5. The number of aryl methyl sites for hydroxylation is 3. The van der Waals surface area contributed by atoms with Crippen LogP contribution >= 0.6 is 11.3 Å². The highest BCUT2D eigenvalue weighted by Crippen LogP contribution is 2.23. The number of hydrogen-bond donors (Lipinski definition) is 1. The number of rotatable bonds is 6. The molecule has 1 aromatic carbocycles. The summed E-state index contributed by atoms with van der Waals surface area (Å²) in [5.74, 6) is 0.413. The zero-order chi connectivity index (χ0) is 18.7. The van der Waals surface area contributed by atoms with Gasteiger partial charge in [-0.2, -0.15) is 0 Å². The molecule has 1 saturated heterocycles. The molecule has 26 heavy (non-hydrogen) atoms. The van der Waals surface area contributed by atoms with Crippen LogP contribution in [0.25, 0.3) is 0 Å². The number of hydrogen-bond acceptors (Lipinski definition) is 4. The van der Waals surface area contributed by atoms with Gasteiger partial charge in [0.05, 0.1) is 4.90 Å². The molecule has 1 aliphatic heterocycles. The van der Waals surface area contributed by atoms with Crippen molar-refractivity contribution in [1.82, 2.24) is 9.62 Å². The lowest BCUT2D eigenvalue weighted by Gasteiger charge is -2.31. The third-order valence-electron chi connectivity index (χ3n) is 5.31. The van der Waals surface area contributed by atoms with Gasteiger partial charge in [-0.15, -0.1) is 11.3 Å². The maximum atomic E-state index is 12.7. The van der Waals surface area contributed by atoms with E-state index in [-0.39, 0.29) is 0 Å². The minimum atomic E-state index is -3.45. The maximum Gasteiger partial charge on any atom is 0.240 e. The molecule has 1 aromatic heterocycles. The van der Waals surface area contributed by atoms with Crippen LogP contribution in [0.5, 0.6) is 0 Å². The van der Waals surface area contributed by atoms with Gasteiger partial charge in [-0.05, 0) is 86.8 Å². The summed E-state index contributed by atoms with van der Waals surface area (Å²) in [4.78, 5) is 4.27. The lowest BCUT2D eigenvalue weighted by molar-refractivity contribution is 0.180. The fourth-order valence-electron chi connectivity index (χ4n) is 3.50. The van der Waals surface area contributed by atoms with E-state index in [1.165, 1.54) is 4.88 Å². The van der Waals surface area contributed by atoms with Gasteiger partial charge in [0.1, 0.15) is 0 Å². The summed E-state index contributed by atoms with van der Waals surface area (Å²) in [5.41, 5.74) is 2.95. The van der Waals surface area contributed by atoms with E-state index < -0.39 is 10.0 Å². The van der Waals surface area contributed by atoms with E-state index in [1.54, 1.807) is 17.4 Å². The highest BCUT2D eigenvalue weighted by molar-refractivity contribution is 7.89. The van der Waals surface area contributed by atoms with Crippen LogP contribution in [0.1, 0.15) is 34.4 Å². The quantitative estimate of drug-likeness (QED) is 0.812. The molecule has 0 unspecified atom stereocenters. The Morgan fingerprint density at radius 1 is 1.12 bits per heavy atom. The Bertz CT molecular complexity index is 837. The van der Waals surface area contributed by atoms with Crippen LogP contribution < -0.4 is 4.72 Å². The molecule has 0 aliphatic carbocycles. The van der Waals surface area contributed by atoms with Crippen molar-refractivity contribution < 1.29 is 8.42 Å². The summed E-state index contributed by atoms with van der Waals surface area (Å²) < 4.78 is 28.3. The van der Waals surface area contributed by atoms with Gasteiger partial charge in [0.2, 0.25) is 10.0 Å². The van der Waals surface area contributed by atoms with Gasteiger partial charge in [-0.25, -0.2) is 13.1 Å². The van der Waals surface area contributed by atoms with Crippen molar-refractivity contribution in [2.45, 2.75) is 45.1 Å². The molecule has 3 rings (SSSR count). The highest BCUT2D eigenvalue weighted by atomic mass is 32.2. The average Bonchev–Trinajstić information content (AvgIpc) is 3.10. The molecule has 0 amide bonds. The van der Waals surface area contributed by atoms with Gasteiger partial charge < -0.3 is 0 Å². The lowest BCUT2D eigenvalue weighted by Crippen LogP contribution is -2.38. The van der Waals surface area contributed by atoms with Gasteiger partial charge >= 0.3 is 0 Å². The maximum absolute atomic E-state index is 12.7. The summed E-state index contributed by atoms with van der Waals surface area (Å²) in [6, 6.07) is 8.01. The molecule has 1 N–H and O–H groups in total. The SMILES string of the molecule is Cc1cc(C)c(S(=O)(=O)NCC2CCN(Cc3cccs3)CC2)cc1C. The molecule has 1 fully saturated rings. The van der Waals surface area contributed by atoms with Crippen LogP contribution in [0.4, 0.5) is 0 Å². The van der Waals surface area contributed by atoms with Crippen molar-refractivity contribution in [3.05, 3.63) is 51.2 Å². The number of nitrogens with zero attached hydrogens (tertiary/aromatic N) is 1. The molecular weight excluding hydrogens is 364 g/mol. The topological polar surface area (TPSA) is 49.4 Å². The van der Waals surface area contributed by atoms with E-state index in [9.17, 15) is 8.42 Å². The fourth-order valence-corrected chi connectivity index (χ4v) is 5.67. The van der Waals surface area contributed by atoms with Gasteiger partial charge in [0.15, 0.2) is 0 Å². The van der Waals surface area contributed by atoms with Crippen molar-refractivity contribution in [2.24, 2.45) is 5.92 Å². The molecule has 1 aliphatic rings. The van der Waals surface area contributed by atoms with Gasteiger partial charge in [-0.3, -0.25) is 4.90 Å². The highest BCUT2D eigenvalue weighted by Gasteiger charge is 2.23. The third kappa shape index (κ3) is 4.74. The zero-order valence-electron chi connectivity index (χ0n) is 15.8. The molecule has 2 aromatic rings. The summed E-state index contributed by atoms with van der Waals surface area (Å²) in [6.45, 7) is 9.44. The van der Waals surface area contributed by atoms with Gasteiger partial charge in [0, 0.05) is 18.0 Å². The first-order chi connectivity index (χ1) is 12.3. The van der Waals surface area contributed by atoms with Crippen molar-refractivity contribution in [1.29, 1.82) is 0 Å². The summed E-state index contributed by atoms with van der Waals surface area (Å²) in [5, 5.41) is 2.12. The second kappa shape index (κ2) is 8.21. The van der Waals surface area contributed by atoms with Crippen LogP contribution in [-0.2, 0) is 16.6 Å². The predicted octanol–water partition coefficient (Wildman–Crippen LogP) is 3.86. The van der Waals surface area contributed by atoms with E-state index in [1.807, 2.05) is 26.8 Å². The number of benzene rings is 1. The summed E-state index contributed by atoms with van der Waals surface area (Å²) >= 11 is 1.80. The average molecular weight is 393 g/mol. The first kappa shape index (κ1) is 19.5. The fraction of sp³-hybridized carbons (Fsp3) is 0.500.